The van der Waals surface area contributed by atoms with Crippen molar-refractivity contribution in [1.29, 1.82) is 0 Å². The molecule has 0 unspecified atom stereocenters. The van der Waals surface area contributed by atoms with Crippen LogP contribution in [0.2, 0.25) is 0 Å². The molecule has 0 aliphatic heterocycles. The fourth-order valence-electron chi connectivity index (χ4n) is 1.41. The maximum Gasteiger partial charge on any atom is 0.437 e. The van der Waals surface area contributed by atoms with Gasteiger partial charge in [-0.05, 0) is 24.6 Å². The number of hydrogen-bond donors (Lipinski definition) is 0. The molecule has 5 heteroatoms. The molecule has 17 heavy (non-hydrogen) atoms. The first-order valence-electron chi connectivity index (χ1n) is 5.13. The molecule has 1 heterocycles. The van der Waals surface area contributed by atoms with Gasteiger partial charge in [-0.15, -0.1) is 5.10 Å². The van der Waals surface area contributed by atoms with Crippen LogP contribution in [0.4, 0.5) is 0 Å². The highest BCUT2D eigenvalue weighted by molar-refractivity contribution is 5.54. The molecule has 0 bridgehead atoms. The first kappa shape index (κ1) is 11.6. The predicted octanol–water partition coefficient (Wildman–Crippen LogP) is 1.21. The standard InChI is InChI=1S/C12H12N2O3/c1-9-4-3-5-10(8-9)11-13-14(6-7-16-2)12(15)17-11/h1,3-5,8H,6-7H2,2H3. The third-order valence-corrected chi connectivity index (χ3v) is 2.25. The van der Waals surface area contributed by atoms with Gasteiger partial charge in [0.1, 0.15) is 0 Å². The second kappa shape index (κ2) is 4.97. The summed E-state index contributed by atoms with van der Waals surface area (Å²) in [6.07, 6.45) is 0. The lowest BCUT2D eigenvalue weighted by atomic mass is 10.1. The molecule has 0 saturated heterocycles. The van der Waals surface area contributed by atoms with Crippen LogP contribution in [0.1, 0.15) is 5.56 Å². The maximum absolute atomic E-state index is 11.5. The van der Waals surface area contributed by atoms with Gasteiger partial charge in [-0.1, -0.05) is 12.1 Å². The molecule has 2 radical (unpaired) electrons. The Hall–Kier alpha value is -1.88. The Bertz CT molecular complexity index is 557. The Morgan fingerprint density at radius 3 is 3.06 bits per heavy atom. The Morgan fingerprint density at radius 1 is 1.53 bits per heavy atom. The summed E-state index contributed by atoms with van der Waals surface area (Å²) in [6.45, 7) is 6.41. The smallest absolute Gasteiger partial charge is 0.388 e. The van der Waals surface area contributed by atoms with Crippen LogP contribution >= 0.6 is 0 Å². The van der Waals surface area contributed by atoms with E-state index in [1.807, 2.05) is 0 Å². The maximum atomic E-state index is 11.5. The summed E-state index contributed by atoms with van der Waals surface area (Å²) >= 11 is 0. The van der Waals surface area contributed by atoms with E-state index in [0.717, 1.165) is 0 Å². The molecule has 0 atom stereocenters. The van der Waals surface area contributed by atoms with Crippen LogP contribution in [0.3, 0.4) is 0 Å². The fraction of sp³-hybridized carbons (Fsp3) is 0.250. The Labute approximate surface area is 98.6 Å². The predicted molar refractivity (Wildman–Crippen MR) is 61.5 cm³/mol. The highest BCUT2D eigenvalue weighted by Crippen LogP contribution is 2.16. The summed E-state index contributed by atoms with van der Waals surface area (Å²) in [6, 6.07) is 7.01. The molecule has 0 amide bonds. The summed E-state index contributed by atoms with van der Waals surface area (Å²) in [5, 5.41) is 4.06. The SMILES string of the molecule is [CH]c1cccc(-c2nn(CCOC)c(=O)o2)c1. The number of nitrogens with zero attached hydrogens (tertiary/aromatic N) is 2. The lowest BCUT2D eigenvalue weighted by Gasteiger charge is -1.96. The molecular weight excluding hydrogens is 220 g/mol. The summed E-state index contributed by atoms with van der Waals surface area (Å²) in [4.78, 5) is 11.5. The van der Waals surface area contributed by atoms with Crippen LogP contribution in [0.25, 0.3) is 11.5 Å². The number of rotatable bonds is 4. The van der Waals surface area contributed by atoms with Crippen LogP contribution in [0.5, 0.6) is 0 Å². The summed E-state index contributed by atoms with van der Waals surface area (Å²) < 4.78 is 11.1. The van der Waals surface area contributed by atoms with Gasteiger partial charge in [0.2, 0.25) is 5.89 Å². The molecular formula is C12H12N2O3. The Kier molecular flexibility index (Phi) is 3.39. The van der Waals surface area contributed by atoms with Gasteiger partial charge in [0.15, 0.2) is 0 Å². The minimum absolute atomic E-state index is 0.262. The minimum Gasteiger partial charge on any atom is -0.388 e. The monoisotopic (exact) mass is 232 g/mol. The van der Waals surface area contributed by atoms with Crippen molar-refractivity contribution >= 4 is 0 Å². The summed E-state index contributed by atoms with van der Waals surface area (Å²) in [5.74, 6) is -0.238. The third kappa shape index (κ3) is 2.62. The minimum atomic E-state index is -0.500. The quantitative estimate of drug-likeness (QED) is 0.795. The van der Waals surface area contributed by atoms with Crippen LogP contribution in [-0.2, 0) is 11.3 Å². The van der Waals surface area contributed by atoms with E-state index in [1.165, 1.54) is 4.68 Å². The van der Waals surface area contributed by atoms with Gasteiger partial charge in [0, 0.05) is 12.7 Å². The fourth-order valence-corrected chi connectivity index (χ4v) is 1.41. The highest BCUT2D eigenvalue weighted by Gasteiger charge is 2.09. The van der Waals surface area contributed by atoms with Crippen molar-refractivity contribution in [2.45, 2.75) is 6.54 Å². The molecule has 2 rings (SSSR count). The van der Waals surface area contributed by atoms with Crippen molar-refractivity contribution in [2.24, 2.45) is 0 Å². The van der Waals surface area contributed by atoms with Crippen LogP contribution in [0, 0.1) is 6.92 Å². The van der Waals surface area contributed by atoms with E-state index >= 15 is 0 Å². The number of methoxy groups -OCH3 is 1. The number of ether oxygens (including phenoxy) is 1. The molecule has 0 saturated carbocycles. The van der Waals surface area contributed by atoms with Crippen LogP contribution < -0.4 is 5.76 Å². The van der Waals surface area contributed by atoms with Gasteiger partial charge in [-0.25, -0.2) is 4.79 Å². The topological polar surface area (TPSA) is 57.3 Å². The molecule has 0 fully saturated rings. The summed E-state index contributed by atoms with van der Waals surface area (Å²) in [7, 11) is 1.56. The lowest BCUT2D eigenvalue weighted by molar-refractivity contribution is 0.181. The van der Waals surface area contributed by atoms with Crippen molar-refractivity contribution in [3.63, 3.8) is 0 Å². The highest BCUT2D eigenvalue weighted by atomic mass is 16.5. The van der Waals surface area contributed by atoms with Gasteiger partial charge in [0.25, 0.3) is 0 Å². The van der Waals surface area contributed by atoms with Gasteiger partial charge >= 0.3 is 5.76 Å². The number of benzene rings is 1. The largest absolute Gasteiger partial charge is 0.437 e. The van der Waals surface area contributed by atoms with Gasteiger partial charge in [-0.3, -0.25) is 0 Å². The molecule has 0 spiro atoms. The van der Waals surface area contributed by atoms with E-state index < -0.39 is 5.76 Å². The van der Waals surface area contributed by atoms with Crippen LogP contribution in [-0.4, -0.2) is 23.5 Å². The zero-order chi connectivity index (χ0) is 12.3. The first-order chi connectivity index (χ1) is 8.20. The molecule has 5 nitrogen and oxygen atoms in total. The lowest BCUT2D eigenvalue weighted by Crippen LogP contribution is -2.18. The van der Waals surface area contributed by atoms with E-state index in [-0.39, 0.29) is 5.89 Å². The van der Waals surface area contributed by atoms with Crippen molar-refractivity contribution < 1.29 is 9.15 Å². The van der Waals surface area contributed by atoms with Gasteiger partial charge in [0.05, 0.1) is 13.2 Å². The van der Waals surface area contributed by atoms with Crippen molar-refractivity contribution in [1.82, 2.24) is 9.78 Å². The van der Waals surface area contributed by atoms with Crippen molar-refractivity contribution in [3.8, 4) is 11.5 Å². The van der Waals surface area contributed by atoms with E-state index in [0.29, 0.717) is 24.3 Å². The molecule has 0 aliphatic rings. The zero-order valence-corrected chi connectivity index (χ0v) is 9.42. The molecule has 1 aromatic heterocycles. The number of hydrogen-bond acceptors (Lipinski definition) is 4. The number of aromatic nitrogens is 2. The second-order valence-electron chi connectivity index (χ2n) is 3.51. The third-order valence-electron chi connectivity index (χ3n) is 2.25. The van der Waals surface area contributed by atoms with Gasteiger partial charge in [-0.2, -0.15) is 4.68 Å². The normalized spacial score (nSPS) is 10.7. The molecule has 1 aromatic carbocycles. The van der Waals surface area contributed by atoms with Crippen molar-refractivity contribution in [3.05, 3.63) is 47.3 Å². The molecule has 2 aromatic rings. The summed E-state index contributed by atoms with van der Waals surface area (Å²) in [5.41, 5.74) is 1.27. The molecule has 0 N–H and O–H groups in total. The van der Waals surface area contributed by atoms with Gasteiger partial charge < -0.3 is 9.15 Å². The second-order valence-corrected chi connectivity index (χ2v) is 3.51. The average molecular weight is 232 g/mol. The Balaban J connectivity index is 2.31. The first-order valence-corrected chi connectivity index (χ1v) is 5.13. The van der Waals surface area contributed by atoms with Crippen LogP contribution in [0.15, 0.2) is 33.5 Å². The molecule has 88 valence electrons. The van der Waals surface area contributed by atoms with Crippen molar-refractivity contribution in [2.75, 3.05) is 13.7 Å². The molecule has 0 aliphatic carbocycles. The van der Waals surface area contributed by atoms with E-state index in [4.69, 9.17) is 16.1 Å². The zero-order valence-electron chi connectivity index (χ0n) is 9.42. The van der Waals surface area contributed by atoms with E-state index in [9.17, 15) is 4.79 Å². The van der Waals surface area contributed by atoms with E-state index in [2.05, 4.69) is 5.10 Å². The van der Waals surface area contributed by atoms with E-state index in [1.54, 1.807) is 31.4 Å². The Morgan fingerprint density at radius 2 is 2.35 bits per heavy atom. The average Bonchev–Trinajstić information content (AvgIpc) is 2.68.